The van der Waals surface area contributed by atoms with E-state index >= 15 is 0 Å². The highest BCUT2D eigenvalue weighted by atomic mass is 16.7. The van der Waals surface area contributed by atoms with Gasteiger partial charge in [0.1, 0.15) is 6.61 Å². The van der Waals surface area contributed by atoms with Gasteiger partial charge in [-0.3, -0.25) is 4.79 Å². The second-order valence-corrected chi connectivity index (χ2v) is 4.45. The van der Waals surface area contributed by atoms with Gasteiger partial charge in [-0.2, -0.15) is 5.06 Å². The Labute approximate surface area is 115 Å². The summed E-state index contributed by atoms with van der Waals surface area (Å²) in [5.74, 6) is -0.873. The van der Waals surface area contributed by atoms with Crippen molar-refractivity contribution in [3.63, 3.8) is 0 Å². The van der Waals surface area contributed by atoms with Crippen molar-refractivity contribution in [3.8, 4) is 0 Å². The fraction of sp³-hybridized carbons (Fsp3) is 0.200. The SMILES string of the molecule is O=C(ON1CCOCC1=O)c1cccc2ccccc12. The Balaban J connectivity index is 1.87. The molecule has 5 heteroatoms. The van der Waals surface area contributed by atoms with Crippen LogP contribution in [0.3, 0.4) is 0 Å². The summed E-state index contributed by atoms with van der Waals surface area (Å²) in [4.78, 5) is 28.9. The number of amides is 1. The number of benzene rings is 2. The van der Waals surface area contributed by atoms with Crippen LogP contribution in [0, 0.1) is 0 Å². The standard InChI is InChI=1S/C15H13NO4/c17-14-10-19-9-8-16(14)20-15(18)13-7-3-5-11-4-1-2-6-12(11)13/h1-7H,8-10H2. The number of morpholine rings is 1. The van der Waals surface area contributed by atoms with Crippen molar-refractivity contribution in [1.82, 2.24) is 5.06 Å². The summed E-state index contributed by atoms with van der Waals surface area (Å²) in [5, 5.41) is 2.82. The third-order valence-electron chi connectivity index (χ3n) is 3.15. The van der Waals surface area contributed by atoms with Gasteiger partial charge in [-0.25, -0.2) is 4.79 Å². The Morgan fingerprint density at radius 1 is 1.15 bits per heavy atom. The molecule has 2 aromatic carbocycles. The molecule has 0 radical (unpaired) electrons. The predicted molar refractivity (Wildman–Crippen MR) is 71.9 cm³/mol. The van der Waals surface area contributed by atoms with Crippen molar-refractivity contribution < 1.29 is 19.2 Å². The monoisotopic (exact) mass is 271 g/mol. The maximum Gasteiger partial charge on any atom is 0.363 e. The van der Waals surface area contributed by atoms with Gasteiger partial charge < -0.3 is 9.57 Å². The predicted octanol–water partition coefficient (Wildman–Crippen LogP) is 1.77. The number of rotatable bonds is 2. The van der Waals surface area contributed by atoms with E-state index < -0.39 is 5.97 Å². The molecule has 0 atom stereocenters. The average Bonchev–Trinajstić information content (AvgIpc) is 2.49. The van der Waals surface area contributed by atoms with E-state index in [1.165, 1.54) is 0 Å². The van der Waals surface area contributed by atoms with Crippen LogP contribution in [0.1, 0.15) is 10.4 Å². The minimum Gasteiger partial charge on any atom is -0.370 e. The molecule has 0 bridgehead atoms. The Hall–Kier alpha value is -2.40. The molecule has 1 amide bonds. The van der Waals surface area contributed by atoms with Crippen LogP contribution in [0.15, 0.2) is 42.5 Å². The number of carbonyl (C=O) groups is 2. The van der Waals surface area contributed by atoms with Crippen LogP contribution in [-0.4, -0.2) is 36.7 Å². The minimum absolute atomic E-state index is 0.0528. The van der Waals surface area contributed by atoms with Gasteiger partial charge >= 0.3 is 5.97 Å². The molecule has 20 heavy (non-hydrogen) atoms. The van der Waals surface area contributed by atoms with Crippen molar-refractivity contribution in [3.05, 3.63) is 48.0 Å². The molecule has 1 aliphatic heterocycles. The lowest BCUT2D eigenvalue weighted by Crippen LogP contribution is -2.42. The van der Waals surface area contributed by atoms with Gasteiger partial charge in [-0.05, 0) is 16.8 Å². The number of nitrogens with zero attached hydrogens (tertiary/aromatic N) is 1. The van der Waals surface area contributed by atoms with Gasteiger partial charge in [0.25, 0.3) is 5.91 Å². The number of fused-ring (bicyclic) bond motifs is 1. The molecule has 3 rings (SSSR count). The van der Waals surface area contributed by atoms with Crippen LogP contribution in [-0.2, 0) is 14.4 Å². The molecule has 0 saturated carbocycles. The van der Waals surface area contributed by atoms with Crippen LogP contribution < -0.4 is 0 Å². The molecule has 0 unspecified atom stereocenters. The third kappa shape index (κ3) is 2.35. The van der Waals surface area contributed by atoms with E-state index in [-0.39, 0.29) is 19.1 Å². The first-order valence-corrected chi connectivity index (χ1v) is 6.34. The van der Waals surface area contributed by atoms with Gasteiger partial charge in [-0.15, -0.1) is 0 Å². The largest absolute Gasteiger partial charge is 0.370 e. The molecule has 1 heterocycles. The van der Waals surface area contributed by atoms with E-state index in [0.717, 1.165) is 15.8 Å². The number of hydroxylamine groups is 2. The van der Waals surface area contributed by atoms with E-state index in [2.05, 4.69) is 0 Å². The van der Waals surface area contributed by atoms with Crippen molar-refractivity contribution in [2.45, 2.75) is 0 Å². The van der Waals surface area contributed by atoms with Crippen molar-refractivity contribution in [2.24, 2.45) is 0 Å². The van der Waals surface area contributed by atoms with Crippen molar-refractivity contribution in [2.75, 3.05) is 19.8 Å². The molecule has 102 valence electrons. The fourth-order valence-electron chi connectivity index (χ4n) is 2.15. The Bertz CT molecular complexity index is 662. The summed E-state index contributed by atoms with van der Waals surface area (Å²) < 4.78 is 4.99. The number of hydrogen-bond donors (Lipinski definition) is 0. The first-order chi connectivity index (χ1) is 9.75. The minimum atomic E-state index is -0.531. The van der Waals surface area contributed by atoms with E-state index in [4.69, 9.17) is 9.57 Å². The highest BCUT2D eigenvalue weighted by Gasteiger charge is 2.24. The molecular formula is C15H13NO4. The molecule has 1 aliphatic rings. The quantitative estimate of drug-likeness (QED) is 0.835. The van der Waals surface area contributed by atoms with E-state index in [1.807, 2.05) is 30.3 Å². The summed E-state index contributed by atoms with van der Waals surface area (Å²) in [6.45, 7) is 0.576. The second-order valence-electron chi connectivity index (χ2n) is 4.45. The zero-order valence-electron chi connectivity index (χ0n) is 10.7. The maximum absolute atomic E-state index is 12.2. The summed E-state index contributed by atoms with van der Waals surface area (Å²) in [6, 6.07) is 12.9. The van der Waals surface area contributed by atoms with Crippen LogP contribution in [0.5, 0.6) is 0 Å². The second kappa shape index (κ2) is 5.30. The number of ether oxygens (including phenoxy) is 1. The molecule has 1 fully saturated rings. The van der Waals surface area contributed by atoms with Gasteiger partial charge in [-0.1, -0.05) is 36.4 Å². The highest BCUT2D eigenvalue weighted by molar-refractivity contribution is 6.04. The van der Waals surface area contributed by atoms with E-state index in [1.54, 1.807) is 12.1 Å². The van der Waals surface area contributed by atoms with Gasteiger partial charge in [0.15, 0.2) is 0 Å². The Morgan fingerprint density at radius 3 is 2.80 bits per heavy atom. The average molecular weight is 271 g/mol. The first kappa shape index (κ1) is 12.6. The topological polar surface area (TPSA) is 55.8 Å². The molecule has 0 N–H and O–H groups in total. The van der Waals surface area contributed by atoms with Crippen molar-refractivity contribution in [1.29, 1.82) is 0 Å². The molecule has 0 spiro atoms. The molecule has 5 nitrogen and oxygen atoms in total. The zero-order valence-corrected chi connectivity index (χ0v) is 10.7. The third-order valence-corrected chi connectivity index (χ3v) is 3.15. The summed E-state index contributed by atoms with van der Waals surface area (Å²) in [5.41, 5.74) is 0.447. The molecule has 0 aliphatic carbocycles. The number of hydrogen-bond acceptors (Lipinski definition) is 4. The van der Waals surface area contributed by atoms with E-state index in [9.17, 15) is 9.59 Å². The molecule has 1 saturated heterocycles. The normalized spacial score (nSPS) is 15.4. The molecule has 2 aromatic rings. The fourth-order valence-corrected chi connectivity index (χ4v) is 2.15. The first-order valence-electron chi connectivity index (χ1n) is 6.34. The lowest BCUT2D eigenvalue weighted by molar-refractivity contribution is -0.185. The lowest BCUT2D eigenvalue weighted by Gasteiger charge is -2.24. The van der Waals surface area contributed by atoms with Crippen LogP contribution in [0.25, 0.3) is 10.8 Å². The zero-order chi connectivity index (χ0) is 13.9. The lowest BCUT2D eigenvalue weighted by atomic mass is 10.1. The van der Waals surface area contributed by atoms with Crippen molar-refractivity contribution >= 4 is 22.6 Å². The van der Waals surface area contributed by atoms with Gasteiger partial charge in [0.2, 0.25) is 0 Å². The summed E-state index contributed by atoms with van der Waals surface area (Å²) in [6.07, 6.45) is 0. The molecule has 0 aromatic heterocycles. The summed E-state index contributed by atoms with van der Waals surface area (Å²) >= 11 is 0. The van der Waals surface area contributed by atoms with Crippen LogP contribution >= 0.6 is 0 Å². The Morgan fingerprint density at radius 2 is 1.95 bits per heavy atom. The Kier molecular flexibility index (Phi) is 3.35. The molecular weight excluding hydrogens is 258 g/mol. The highest BCUT2D eigenvalue weighted by Crippen LogP contribution is 2.19. The van der Waals surface area contributed by atoms with Gasteiger partial charge in [0.05, 0.1) is 18.7 Å². The van der Waals surface area contributed by atoms with Crippen LogP contribution in [0.4, 0.5) is 0 Å². The van der Waals surface area contributed by atoms with E-state index in [0.29, 0.717) is 12.2 Å². The smallest absolute Gasteiger partial charge is 0.363 e. The number of carbonyl (C=O) groups excluding carboxylic acids is 2. The maximum atomic E-state index is 12.2. The van der Waals surface area contributed by atoms with Gasteiger partial charge in [0, 0.05) is 0 Å². The summed E-state index contributed by atoms with van der Waals surface area (Å²) in [7, 11) is 0. The van der Waals surface area contributed by atoms with Crippen LogP contribution in [0.2, 0.25) is 0 Å².